The number of rotatable bonds is 3. The van der Waals surface area contributed by atoms with Gasteiger partial charge in [-0.05, 0) is 38.0 Å². The predicted molar refractivity (Wildman–Crippen MR) is 78.6 cm³/mol. The highest BCUT2D eigenvalue weighted by atomic mass is 16.5. The van der Waals surface area contributed by atoms with Crippen LogP contribution in [-0.4, -0.2) is 49.2 Å². The molecule has 0 aromatic rings. The van der Waals surface area contributed by atoms with Gasteiger partial charge in [0, 0.05) is 26.2 Å². The summed E-state index contributed by atoms with van der Waals surface area (Å²) in [6.45, 7) is 5.94. The van der Waals surface area contributed by atoms with Crippen LogP contribution in [0.2, 0.25) is 0 Å². The third-order valence-electron chi connectivity index (χ3n) is 5.63. The zero-order valence-electron chi connectivity index (χ0n) is 12.7. The number of carbonyl (C=O) groups is 1. The summed E-state index contributed by atoms with van der Waals surface area (Å²) in [6.07, 6.45) is 9.37. The first-order chi connectivity index (χ1) is 9.61. The van der Waals surface area contributed by atoms with Gasteiger partial charge in [0.15, 0.2) is 0 Å². The van der Waals surface area contributed by atoms with Gasteiger partial charge in [-0.25, -0.2) is 0 Å². The van der Waals surface area contributed by atoms with Crippen molar-refractivity contribution < 1.29 is 9.53 Å². The minimum Gasteiger partial charge on any atom is -0.363 e. The molecule has 2 saturated heterocycles. The molecule has 2 aliphatic heterocycles. The average Bonchev–Trinajstić information content (AvgIpc) is 2.44. The molecule has 1 N–H and O–H groups in total. The first-order valence-electron chi connectivity index (χ1n) is 8.23. The van der Waals surface area contributed by atoms with E-state index in [4.69, 9.17) is 4.74 Å². The summed E-state index contributed by atoms with van der Waals surface area (Å²) in [5.74, 6) is 0.184. The maximum atomic E-state index is 12.2. The van der Waals surface area contributed by atoms with Crippen molar-refractivity contribution >= 4 is 5.91 Å². The van der Waals surface area contributed by atoms with E-state index in [1.165, 1.54) is 44.9 Å². The van der Waals surface area contributed by atoms with Crippen LogP contribution >= 0.6 is 0 Å². The maximum absolute atomic E-state index is 12.2. The molecule has 20 heavy (non-hydrogen) atoms. The summed E-state index contributed by atoms with van der Waals surface area (Å²) in [7, 11) is 0. The molecule has 114 valence electrons. The molecule has 0 bridgehead atoms. The van der Waals surface area contributed by atoms with Crippen LogP contribution in [0, 0.1) is 5.41 Å². The molecule has 3 fully saturated rings. The van der Waals surface area contributed by atoms with E-state index in [0.29, 0.717) is 5.41 Å². The van der Waals surface area contributed by atoms with Crippen molar-refractivity contribution in [2.45, 2.75) is 57.5 Å². The number of hydrogen-bond acceptors (Lipinski definition) is 3. The van der Waals surface area contributed by atoms with Crippen molar-refractivity contribution in [2.24, 2.45) is 5.41 Å². The lowest BCUT2D eigenvalue weighted by atomic mass is 9.68. The van der Waals surface area contributed by atoms with E-state index >= 15 is 0 Å². The SMILES string of the molecule is CC1(OCC(=O)N2CCC3(CCCCC3)CC2)CNC1. The fraction of sp³-hybridized carbons (Fsp3) is 0.938. The second-order valence-corrected chi connectivity index (χ2v) is 7.28. The highest BCUT2D eigenvalue weighted by Gasteiger charge is 2.38. The van der Waals surface area contributed by atoms with Crippen molar-refractivity contribution in [3.63, 3.8) is 0 Å². The molecule has 1 aliphatic carbocycles. The summed E-state index contributed by atoms with van der Waals surface area (Å²) in [4.78, 5) is 14.3. The molecule has 1 spiro atoms. The normalized spacial score (nSPS) is 28.1. The van der Waals surface area contributed by atoms with Gasteiger partial charge < -0.3 is 15.0 Å². The highest BCUT2D eigenvalue weighted by molar-refractivity contribution is 5.77. The van der Waals surface area contributed by atoms with E-state index in [1.54, 1.807) is 0 Å². The van der Waals surface area contributed by atoms with E-state index < -0.39 is 0 Å². The zero-order valence-corrected chi connectivity index (χ0v) is 12.7. The Labute approximate surface area is 122 Å². The fourth-order valence-corrected chi connectivity index (χ4v) is 3.94. The lowest BCUT2D eigenvalue weighted by Gasteiger charge is -2.45. The Balaban J connectivity index is 1.44. The van der Waals surface area contributed by atoms with Gasteiger partial charge in [0.05, 0.1) is 5.60 Å². The molecule has 4 heteroatoms. The van der Waals surface area contributed by atoms with Gasteiger partial charge in [0.2, 0.25) is 5.91 Å². The number of hydrogen-bond donors (Lipinski definition) is 1. The van der Waals surface area contributed by atoms with Crippen molar-refractivity contribution in [3.05, 3.63) is 0 Å². The molecule has 0 unspecified atom stereocenters. The highest BCUT2D eigenvalue weighted by Crippen LogP contribution is 2.44. The number of piperidine rings is 1. The summed E-state index contributed by atoms with van der Waals surface area (Å²) >= 11 is 0. The van der Waals surface area contributed by atoms with Crippen LogP contribution in [-0.2, 0) is 9.53 Å². The molecule has 0 atom stereocenters. The van der Waals surface area contributed by atoms with Gasteiger partial charge in [-0.15, -0.1) is 0 Å². The molecule has 3 rings (SSSR count). The third kappa shape index (κ3) is 3.01. The van der Waals surface area contributed by atoms with Gasteiger partial charge in [-0.1, -0.05) is 19.3 Å². The molecule has 0 radical (unpaired) electrons. The van der Waals surface area contributed by atoms with Gasteiger partial charge in [0.25, 0.3) is 0 Å². The van der Waals surface area contributed by atoms with E-state index in [2.05, 4.69) is 12.2 Å². The summed E-state index contributed by atoms with van der Waals surface area (Å²) < 4.78 is 5.76. The number of carbonyl (C=O) groups excluding carboxylic acids is 1. The van der Waals surface area contributed by atoms with Crippen LogP contribution in [0.5, 0.6) is 0 Å². The van der Waals surface area contributed by atoms with Crippen molar-refractivity contribution in [2.75, 3.05) is 32.8 Å². The molecular formula is C16H28N2O2. The predicted octanol–water partition coefficient (Wildman–Crippen LogP) is 1.94. The Bertz CT molecular complexity index is 349. The standard InChI is InChI=1S/C16H28N2O2/c1-15(12-17-13-15)20-11-14(19)18-9-7-16(8-10-18)5-3-2-4-6-16/h17H,2-13H2,1H3. The molecule has 0 aromatic carbocycles. The van der Waals surface area contributed by atoms with Crippen LogP contribution in [0.25, 0.3) is 0 Å². The van der Waals surface area contributed by atoms with E-state index in [-0.39, 0.29) is 18.1 Å². The average molecular weight is 280 g/mol. The summed E-state index contributed by atoms with van der Waals surface area (Å²) in [6, 6.07) is 0. The number of ether oxygens (including phenoxy) is 1. The summed E-state index contributed by atoms with van der Waals surface area (Å²) in [5, 5.41) is 3.19. The number of nitrogens with one attached hydrogen (secondary N) is 1. The quantitative estimate of drug-likeness (QED) is 0.859. The Kier molecular flexibility index (Phi) is 4.04. The monoisotopic (exact) mass is 280 g/mol. The smallest absolute Gasteiger partial charge is 0.248 e. The molecule has 0 aromatic heterocycles. The molecule has 2 heterocycles. The van der Waals surface area contributed by atoms with Crippen LogP contribution in [0.4, 0.5) is 0 Å². The second-order valence-electron chi connectivity index (χ2n) is 7.28. The first-order valence-corrected chi connectivity index (χ1v) is 8.23. The number of nitrogens with zero attached hydrogens (tertiary/aromatic N) is 1. The van der Waals surface area contributed by atoms with Crippen molar-refractivity contribution in [3.8, 4) is 0 Å². The lowest BCUT2D eigenvalue weighted by molar-refractivity contribution is -0.148. The lowest BCUT2D eigenvalue weighted by Crippen LogP contribution is -2.60. The minimum atomic E-state index is -0.115. The topological polar surface area (TPSA) is 41.6 Å². The van der Waals surface area contributed by atoms with E-state index in [9.17, 15) is 4.79 Å². The Morgan fingerprint density at radius 2 is 1.75 bits per heavy atom. The maximum Gasteiger partial charge on any atom is 0.248 e. The van der Waals surface area contributed by atoms with E-state index in [0.717, 1.165) is 26.2 Å². The van der Waals surface area contributed by atoms with Gasteiger partial charge in [-0.3, -0.25) is 4.79 Å². The Hall–Kier alpha value is -0.610. The third-order valence-corrected chi connectivity index (χ3v) is 5.63. The van der Waals surface area contributed by atoms with Gasteiger partial charge in [0.1, 0.15) is 6.61 Å². The fourth-order valence-electron chi connectivity index (χ4n) is 3.94. The van der Waals surface area contributed by atoms with Crippen LogP contribution in [0.1, 0.15) is 51.9 Å². The first kappa shape index (κ1) is 14.3. The number of amides is 1. The van der Waals surface area contributed by atoms with Crippen LogP contribution in [0.3, 0.4) is 0 Å². The molecule has 4 nitrogen and oxygen atoms in total. The van der Waals surface area contributed by atoms with Gasteiger partial charge >= 0.3 is 0 Å². The molecule has 1 amide bonds. The van der Waals surface area contributed by atoms with Crippen LogP contribution in [0.15, 0.2) is 0 Å². The molecule has 1 saturated carbocycles. The Morgan fingerprint density at radius 1 is 1.10 bits per heavy atom. The molecular weight excluding hydrogens is 252 g/mol. The van der Waals surface area contributed by atoms with Crippen molar-refractivity contribution in [1.29, 1.82) is 0 Å². The largest absolute Gasteiger partial charge is 0.363 e. The Morgan fingerprint density at radius 3 is 2.30 bits per heavy atom. The zero-order chi connectivity index (χ0) is 14.1. The molecule has 3 aliphatic rings. The van der Waals surface area contributed by atoms with Crippen LogP contribution < -0.4 is 5.32 Å². The van der Waals surface area contributed by atoms with Crippen molar-refractivity contribution in [1.82, 2.24) is 10.2 Å². The minimum absolute atomic E-state index is 0.115. The summed E-state index contributed by atoms with van der Waals surface area (Å²) in [5.41, 5.74) is 0.454. The van der Waals surface area contributed by atoms with E-state index in [1.807, 2.05) is 4.90 Å². The second kappa shape index (κ2) is 5.64. The van der Waals surface area contributed by atoms with Gasteiger partial charge in [-0.2, -0.15) is 0 Å². The number of likely N-dealkylation sites (tertiary alicyclic amines) is 1.